The number of nitrogens with one attached hydrogen (secondary N) is 1. The molecule has 21 heavy (non-hydrogen) atoms. The molecule has 1 aliphatic heterocycles. The molecule has 2 fully saturated rings. The van der Waals surface area contributed by atoms with Gasteiger partial charge in [-0.25, -0.2) is 4.39 Å². The number of halogens is 1. The van der Waals surface area contributed by atoms with E-state index in [1.807, 2.05) is 6.92 Å². The lowest BCUT2D eigenvalue weighted by Crippen LogP contribution is -2.70. The summed E-state index contributed by atoms with van der Waals surface area (Å²) in [7, 11) is 0. The third kappa shape index (κ3) is 2.20. The molecule has 1 aromatic carbocycles. The number of hydrogen-bond acceptors (Lipinski definition) is 2. The van der Waals surface area contributed by atoms with E-state index < -0.39 is 11.6 Å². The lowest BCUT2D eigenvalue weighted by molar-refractivity contribution is -0.138. The Morgan fingerprint density at radius 2 is 1.90 bits per heavy atom. The molecule has 2 unspecified atom stereocenters. The highest BCUT2D eigenvalue weighted by atomic mass is 19.1. The number of anilines is 1. The fourth-order valence-corrected chi connectivity index (χ4v) is 3.11. The Kier molecular flexibility index (Phi) is 3.23. The molecular formula is C16H19FN2O2. The molecule has 1 aliphatic carbocycles. The van der Waals surface area contributed by atoms with Gasteiger partial charge in [-0.1, -0.05) is 6.92 Å². The van der Waals surface area contributed by atoms with Crippen LogP contribution in [0.4, 0.5) is 10.1 Å². The van der Waals surface area contributed by atoms with Crippen LogP contribution in [0.15, 0.2) is 24.3 Å². The van der Waals surface area contributed by atoms with Crippen molar-refractivity contribution < 1.29 is 14.0 Å². The van der Waals surface area contributed by atoms with E-state index in [9.17, 15) is 14.0 Å². The molecule has 5 heteroatoms. The molecule has 2 aliphatic rings. The number of carbonyl (C=O) groups excluding carboxylic acids is 2. The van der Waals surface area contributed by atoms with Gasteiger partial charge in [-0.3, -0.25) is 14.5 Å². The second-order valence-electron chi connectivity index (χ2n) is 6.04. The predicted octanol–water partition coefficient (Wildman–Crippen LogP) is 2.24. The molecule has 1 saturated carbocycles. The summed E-state index contributed by atoms with van der Waals surface area (Å²) < 4.78 is 13.1. The van der Waals surface area contributed by atoms with E-state index in [4.69, 9.17) is 0 Å². The second kappa shape index (κ2) is 4.83. The van der Waals surface area contributed by atoms with Crippen molar-refractivity contribution >= 4 is 17.5 Å². The van der Waals surface area contributed by atoms with E-state index >= 15 is 0 Å². The second-order valence-corrected chi connectivity index (χ2v) is 6.04. The lowest BCUT2D eigenvalue weighted by atomic mass is 9.88. The van der Waals surface area contributed by atoms with Gasteiger partial charge in [0.1, 0.15) is 17.4 Å². The van der Waals surface area contributed by atoms with Gasteiger partial charge in [0.15, 0.2) is 0 Å². The number of piperazine rings is 1. The molecular weight excluding hydrogens is 271 g/mol. The molecule has 3 rings (SSSR count). The van der Waals surface area contributed by atoms with Crippen LogP contribution in [0, 0.1) is 11.7 Å². The van der Waals surface area contributed by atoms with Crippen molar-refractivity contribution in [2.45, 2.75) is 44.7 Å². The van der Waals surface area contributed by atoms with Gasteiger partial charge in [-0.05, 0) is 56.4 Å². The van der Waals surface area contributed by atoms with E-state index in [2.05, 4.69) is 5.32 Å². The topological polar surface area (TPSA) is 49.4 Å². The van der Waals surface area contributed by atoms with E-state index in [-0.39, 0.29) is 23.5 Å². The van der Waals surface area contributed by atoms with E-state index in [1.165, 1.54) is 17.0 Å². The molecule has 2 amide bonds. The van der Waals surface area contributed by atoms with Gasteiger partial charge in [0, 0.05) is 5.69 Å². The van der Waals surface area contributed by atoms with Gasteiger partial charge in [-0.2, -0.15) is 0 Å². The Morgan fingerprint density at radius 1 is 1.29 bits per heavy atom. The average molecular weight is 290 g/mol. The average Bonchev–Trinajstić information content (AvgIpc) is 3.28. The molecule has 1 aromatic rings. The third-order valence-corrected chi connectivity index (χ3v) is 4.55. The minimum absolute atomic E-state index is 0.0944. The molecule has 0 aromatic heterocycles. The summed E-state index contributed by atoms with van der Waals surface area (Å²) in [6.45, 7) is 3.67. The zero-order valence-electron chi connectivity index (χ0n) is 12.2. The Labute approximate surface area is 123 Å². The van der Waals surface area contributed by atoms with Crippen LogP contribution in [0.1, 0.15) is 33.1 Å². The monoisotopic (exact) mass is 290 g/mol. The van der Waals surface area contributed by atoms with E-state index in [0.29, 0.717) is 12.1 Å². The van der Waals surface area contributed by atoms with Crippen LogP contribution in [0.5, 0.6) is 0 Å². The predicted molar refractivity (Wildman–Crippen MR) is 77.2 cm³/mol. The Balaban J connectivity index is 2.02. The summed E-state index contributed by atoms with van der Waals surface area (Å²) >= 11 is 0. The molecule has 1 heterocycles. The highest BCUT2D eigenvalue weighted by Gasteiger charge is 2.55. The van der Waals surface area contributed by atoms with Gasteiger partial charge in [0.25, 0.3) is 5.91 Å². The molecule has 0 radical (unpaired) electrons. The fourth-order valence-electron chi connectivity index (χ4n) is 3.11. The Hall–Kier alpha value is -1.91. The van der Waals surface area contributed by atoms with Crippen LogP contribution < -0.4 is 10.2 Å². The van der Waals surface area contributed by atoms with Gasteiger partial charge in [0.2, 0.25) is 5.91 Å². The number of hydrogen-bond donors (Lipinski definition) is 1. The Bertz CT molecular complexity index is 582. The minimum atomic E-state index is -0.836. The number of rotatable bonds is 3. The maximum atomic E-state index is 13.1. The van der Waals surface area contributed by atoms with Crippen LogP contribution in [0.2, 0.25) is 0 Å². The highest BCUT2D eigenvalue weighted by Crippen LogP contribution is 2.43. The molecule has 0 bridgehead atoms. The molecule has 1 N–H and O–H groups in total. The van der Waals surface area contributed by atoms with Crippen LogP contribution in [-0.4, -0.2) is 23.4 Å². The number of carbonyl (C=O) groups is 2. The van der Waals surface area contributed by atoms with Crippen molar-refractivity contribution in [2.24, 2.45) is 5.92 Å². The van der Waals surface area contributed by atoms with Crippen molar-refractivity contribution in [1.29, 1.82) is 0 Å². The SMILES string of the molecule is CCC1C(=O)NC(C)(C2CC2)C(=O)N1c1ccc(F)cc1. The van der Waals surface area contributed by atoms with Crippen LogP contribution in [0.25, 0.3) is 0 Å². The standard InChI is InChI=1S/C16H19FN2O2/c1-3-13-14(20)18-16(2,10-4-5-10)15(21)19(13)12-8-6-11(17)7-9-12/h6-10,13H,3-5H2,1-2H3,(H,18,20). The number of benzene rings is 1. The first-order valence-corrected chi connectivity index (χ1v) is 7.38. The van der Waals surface area contributed by atoms with Crippen molar-refractivity contribution in [2.75, 3.05) is 4.90 Å². The molecule has 1 saturated heterocycles. The van der Waals surface area contributed by atoms with Crippen LogP contribution in [-0.2, 0) is 9.59 Å². The quantitative estimate of drug-likeness (QED) is 0.928. The van der Waals surface area contributed by atoms with Gasteiger partial charge >= 0.3 is 0 Å². The highest BCUT2D eigenvalue weighted by molar-refractivity contribution is 6.11. The number of nitrogens with zero attached hydrogens (tertiary/aromatic N) is 1. The first-order valence-electron chi connectivity index (χ1n) is 7.38. The lowest BCUT2D eigenvalue weighted by Gasteiger charge is -2.44. The first kappa shape index (κ1) is 14.0. The molecule has 112 valence electrons. The van der Waals surface area contributed by atoms with Crippen molar-refractivity contribution in [3.63, 3.8) is 0 Å². The summed E-state index contributed by atoms with van der Waals surface area (Å²) in [6.07, 6.45) is 2.43. The van der Waals surface area contributed by atoms with Crippen molar-refractivity contribution in [1.82, 2.24) is 5.32 Å². The van der Waals surface area contributed by atoms with Gasteiger partial charge in [0.05, 0.1) is 0 Å². The Morgan fingerprint density at radius 3 is 2.43 bits per heavy atom. The summed E-state index contributed by atoms with van der Waals surface area (Å²) in [5.74, 6) is -0.376. The summed E-state index contributed by atoms with van der Waals surface area (Å²) in [5.41, 5.74) is -0.257. The summed E-state index contributed by atoms with van der Waals surface area (Å²) in [4.78, 5) is 26.9. The first-order chi connectivity index (χ1) is 9.97. The molecule has 4 nitrogen and oxygen atoms in total. The van der Waals surface area contributed by atoms with E-state index in [0.717, 1.165) is 12.8 Å². The smallest absolute Gasteiger partial charge is 0.253 e. The van der Waals surface area contributed by atoms with Crippen LogP contribution in [0.3, 0.4) is 0 Å². The largest absolute Gasteiger partial charge is 0.340 e. The van der Waals surface area contributed by atoms with E-state index in [1.54, 1.807) is 19.1 Å². The normalized spacial score (nSPS) is 29.5. The molecule has 0 spiro atoms. The summed E-state index contributed by atoms with van der Waals surface area (Å²) in [6, 6.07) is 5.21. The fraction of sp³-hybridized carbons (Fsp3) is 0.500. The zero-order chi connectivity index (χ0) is 15.2. The number of amides is 2. The van der Waals surface area contributed by atoms with Crippen molar-refractivity contribution in [3.05, 3.63) is 30.1 Å². The molecule has 2 atom stereocenters. The minimum Gasteiger partial charge on any atom is -0.340 e. The maximum absolute atomic E-state index is 13.1. The summed E-state index contributed by atoms with van der Waals surface area (Å²) in [5, 5.41) is 2.91. The third-order valence-electron chi connectivity index (χ3n) is 4.55. The van der Waals surface area contributed by atoms with Crippen molar-refractivity contribution in [3.8, 4) is 0 Å². The zero-order valence-corrected chi connectivity index (χ0v) is 12.2. The van der Waals surface area contributed by atoms with Crippen LogP contribution >= 0.6 is 0 Å². The van der Waals surface area contributed by atoms with Gasteiger partial charge in [-0.15, -0.1) is 0 Å². The van der Waals surface area contributed by atoms with Gasteiger partial charge < -0.3 is 5.32 Å². The maximum Gasteiger partial charge on any atom is 0.253 e.